The van der Waals surface area contributed by atoms with Gasteiger partial charge < -0.3 is 9.94 Å². The first-order valence-corrected chi connectivity index (χ1v) is 6.66. The SMILES string of the molecule is CCOC(=O)/C(CCCC1CCCCC1)=N/O. The minimum absolute atomic E-state index is 0.155. The van der Waals surface area contributed by atoms with E-state index in [-0.39, 0.29) is 5.71 Å². The van der Waals surface area contributed by atoms with Gasteiger partial charge >= 0.3 is 5.97 Å². The third kappa shape index (κ3) is 5.20. The van der Waals surface area contributed by atoms with Gasteiger partial charge in [0.2, 0.25) is 0 Å². The van der Waals surface area contributed by atoms with Crippen LogP contribution in [0.3, 0.4) is 0 Å². The lowest BCUT2D eigenvalue weighted by molar-refractivity contribution is -0.135. The number of nitrogens with zero attached hydrogens (tertiary/aromatic N) is 1. The molecule has 1 fully saturated rings. The third-order valence-corrected chi connectivity index (χ3v) is 3.38. The summed E-state index contributed by atoms with van der Waals surface area (Å²) in [4.78, 5) is 11.3. The monoisotopic (exact) mass is 241 g/mol. The predicted octanol–water partition coefficient (Wildman–Crippen LogP) is 3.13. The molecule has 0 atom stereocenters. The van der Waals surface area contributed by atoms with Crippen molar-refractivity contribution in [3.8, 4) is 0 Å². The second-order valence-electron chi connectivity index (χ2n) is 4.66. The molecule has 0 aromatic rings. The van der Waals surface area contributed by atoms with Crippen molar-refractivity contribution in [3.63, 3.8) is 0 Å². The quantitative estimate of drug-likeness (QED) is 0.336. The van der Waals surface area contributed by atoms with Gasteiger partial charge in [0.05, 0.1) is 6.61 Å². The molecule has 4 nitrogen and oxygen atoms in total. The largest absolute Gasteiger partial charge is 0.461 e. The van der Waals surface area contributed by atoms with E-state index in [0.29, 0.717) is 13.0 Å². The highest BCUT2D eigenvalue weighted by atomic mass is 16.5. The smallest absolute Gasteiger partial charge is 0.356 e. The third-order valence-electron chi connectivity index (χ3n) is 3.38. The molecule has 1 saturated carbocycles. The van der Waals surface area contributed by atoms with Crippen molar-refractivity contribution < 1.29 is 14.7 Å². The van der Waals surface area contributed by atoms with E-state index in [0.717, 1.165) is 18.8 Å². The molecule has 1 aliphatic rings. The van der Waals surface area contributed by atoms with Gasteiger partial charge in [0.1, 0.15) is 0 Å². The Balaban J connectivity index is 2.21. The summed E-state index contributed by atoms with van der Waals surface area (Å²) in [5, 5.41) is 11.8. The van der Waals surface area contributed by atoms with E-state index in [1.807, 2.05) is 0 Å². The average Bonchev–Trinajstić information content (AvgIpc) is 2.36. The molecular formula is C13H23NO3. The zero-order valence-electron chi connectivity index (χ0n) is 10.7. The van der Waals surface area contributed by atoms with Crippen molar-refractivity contribution in [2.24, 2.45) is 11.1 Å². The standard InChI is InChI=1S/C13H23NO3/c1-2-17-13(15)12(14-16)10-6-9-11-7-4-3-5-8-11/h11,16H,2-10H2,1H3/b14-12+. The molecule has 4 heteroatoms. The normalized spacial score (nSPS) is 18.1. The summed E-state index contributed by atoms with van der Waals surface area (Å²) in [5.74, 6) is 0.310. The van der Waals surface area contributed by atoms with Crippen LogP contribution in [0.15, 0.2) is 5.16 Å². The lowest BCUT2D eigenvalue weighted by Crippen LogP contribution is -2.18. The number of rotatable bonds is 6. The molecule has 0 aromatic heterocycles. The molecule has 0 aromatic carbocycles. The molecule has 0 aliphatic heterocycles. The Hall–Kier alpha value is -1.06. The maximum absolute atomic E-state index is 11.3. The Labute approximate surface area is 103 Å². The highest BCUT2D eigenvalue weighted by Crippen LogP contribution is 2.27. The fourth-order valence-corrected chi connectivity index (χ4v) is 2.44. The minimum Gasteiger partial charge on any atom is -0.461 e. The molecule has 0 bridgehead atoms. The molecule has 0 spiro atoms. The van der Waals surface area contributed by atoms with Crippen LogP contribution in [-0.2, 0) is 9.53 Å². The Morgan fingerprint density at radius 3 is 2.65 bits per heavy atom. The van der Waals surface area contributed by atoms with Crippen molar-refractivity contribution in [3.05, 3.63) is 0 Å². The number of hydrogen-bond acceptors (Lipinski definition) is 4. The number of esters is 1. The van der Waals surface area contributed by atoms with E-state index in [1.54, 1.807) is 6.92 Å². The van der Waals surface area contributed by atoms with E-state index in [4.69, 9.17) is 9.94 Å². The van der Waals surface area contributed by atoms with Crippen LogP contribution in [0, 0.1) is 5.92 Å². The van der Waals surface area contributed by atoms with Crippen molar-refractivity contribution >= 4 is 11.7 Å². The fraction of sp³-hybridized carbons (Fsp3) is 0.846. The molecule has 0 radical (unpaired) electrons. The molecular weight excluding hydrogens is 218 g/mol. The van der Waals surface area contributed by atoms with Crippen molar-refractivity contribution in [1.29, 1.82) is 0 Å². The fourth-order valence-electron chi connectivity index (χ4n) is 2.44. The van der Waals surface area contributed by atoms with Gasteiger partial charge in [0.25, 0.3) is 0 Å². The van der Waals surface area contributed by atoms with Gasteiger partial charge in [0.15, 0.2) is 5.71 Å². The van der Waals surface area contributed by atoms with E-state index in [9.17, 15) is 4.79 Å². The lowest BCUT2D eigenvalue weighted by Gasteiger charge is -2.21. The number of oxime groups is 1. The Kier molecular flexibility index (Phi) is 6.67. The highest BCUT2D eigenvalue weighted by molar-refractivity contribution is 6.36. The van der Waals surface area contributed by atoms with Crippen LogP contribution in [0.4, 0.5) is 0 Å². The average molecular weight is 241 g/mol. The topological polar surface area (TPSA) is 58.9 Å². The van der Waals surface area contributed by atoms with Crippen LogP contribution in [0.2, 0.25) is 0 Å². The highest BCUT2D eigenvalue weighted by Gasteiger charge is 2.16. The van der Waals surface area contributed by atoms with Gasteiger partial charge in [0, 0.05) is 6.42 Å². The Morgan fingerprint density at radius 1 is 1.35 bits per heavy atom. The van der Waals surface area contributed by atoms with Gasteiger partial charge in [-0.05, 0) is 19.3 Å². The van der Waals surface area contributed by atoms with Gasteiger partial charge in [-0.25, -0.2) is 4.79 Å². The Bertz CT molecular complexity index is 257. The van der Waals surface area contributed by atoms with Crippen LogP contribution in [-0.4, -0.2) is 23.5 Å². The predicted molar refractivity (Wildman–Crippen MR) is 66.3 cm³/mol. The second-order valence-corrected chi connectivity index (χ2v) is 4.66. The molecule has 0 saturated heterocycles. The summed E-state index contributed by atoms with van der Waals surface area (Å²) in [7, 11) is 0. The molecule has 0 amide bonds. The summed E-state index contributed by atoms with van der Waals surface area (Å²) in [5.41, 5.74) is 0.155. The number of carbonyl (C=O) groups excluding carboxylic acids is 1. The molecule has 1 aliphatic carbocycles. The summed E-state index contributed by atoms with van der Waals surface area (Å²) in [6, 6.07) is 0. The first kappa shape index (κ1) is 14.0. The summed E-state index contributed by atoms with van der Waals surface area (Å²) in [6.45, 7) is 2.06. The number of carbonyl (C=O) groups is 1. The molecule has 0 unspecified atom stereocenters. The van der Waals surface area contributed by atoms with E-state index >= 15 is 0 Å². The molecule has 17 heavy (non-hydrogen) atoms. The van der Waals surface area contributed by atoms with Gasteiger partial charge in [-0.2, -0.15) is 0 Å². The molecule has 1 rings (SSSR count). The van der Waals surface area contributed by atoms with Crippen LogP contribution >= 0.6 is 0 Å². The lowest BCUT2D eigenvalue weighted by atomic mass is 9.85. The minimum atomic E-state index is -0.487. The second kappa shape index (κ2) is 8.09. The van der Waals surface area contributed by atoms with E-state index in [1.165, 1.54) is 32.1 Å². The maximum atomic E-state index is 11.3. The van der Waals surface area contributed by atoms with Crippen molar-refractivity contribution in [1.82, 2.24) is 0 Å². The van der Waals surface area contributed by atoms with Crippen molar-refractivity contribution in [2.75, 3.05) is 6.61 Å². The molecule has 1 N–H and O–H groups in total. The number of ether oxygens (including phenoxy) is 1. The first-order valence-electron chi connectivity index (χ1n) is 6.66. The summed E-state index contributed by atoms with van der Waals surface area (Å²) < 4.78 is 4.81. The maximum Gasteiger partial charge on any atom is 0.356 e. The zero-order chi connectivity index (χ0) is 12.5. The summed E-state index contributed by atoms with van der Waals surface area (Å²) in [6.07, 6.45) is 9.21. The van der Waals surface area contributed by atoms with Gasteiger partial charge in [-0.3, -0.25) is 0 Å². The molecule has 98 valence electrons. The van der Waals surface area contributed by atoms with Crippen LogP contribution < -0.4 is 0 Å². The van der Waals surface area contributed by atoms with Gasteiger partial charge in [-0.15, -0.1) is 0 Å². The Morgan fingerprint density at radius 2 is 2.06 bits per heavy atom. The van der Waals surface area contributed by atoms with Crippen molar-refractivity contribution in [2.45, 2.75) is 58.3 Å². The van der Waals surface area contributed by atoms with E-state index in [2.05, 4.69) is 5.16 Å². The first-order chi connectivity index (χ1) is 8.27. The van der Waals surface area contributed by atoms with Crippen LogP contribution in [0.1, 0.15) is 58.3 Å². The molecule has 0 heterocycles. The van der Waals surface area contributed by atoms with Crippen LogP contribution in [0.5, 0.6) is 0 Å². The van der Waals surface area contributed by atoms with E-state index < -0.39 is 5.97 Å². The zero-order valence-corrected chi connectivity index (χ0v) is 10.7. The van der Waals surface area contributed by atoms with Gasteiger partial charge in [-0.1, -0.05) is 43.7 Å². The number of hydrogen-bond donors (Lipinski definition) is 1. The van der Waals surface area contributed by atoms with Crippen LogP contribution in [0.25, 0.3) is 0 Å². The summed E-state index contributed by atoms with van der Waals surface area (Å²) >= 11 is 0.